The molecule has 0 aliphatic rings. The predicted octanol–water partition coefficient (Wildman–Crippen LogP) is 5.25. The highest BCUT2D eigenvalue weighted by Crippen LogP contribution is 2.39. The number of aromatic nitrogens is 3. The van der Waals surface area contributed by atoms with Gasteiger partial charge in [-0.1, -0.05) is 17.3 Å². The van der Waals surface area contributed by atoms with E-state index in [-0.39, 0.29) is 11.8 Å². The lowest BCUT2D eigenvalue weighted by atomic mass is 10.1. The maximum atomic E-state index is 13.3. The minimum Gasteiger partial charge on any atom is -0.490 e. The Kier molecular flexibility index (Phi) is 7.57. The third kappa shape index (κ3) is 5.40. The van der Waals surface area contributed by atoms with Crippen LogP contribution in [0.2, 0.25) is 0 Å². The van der Waals surface area contributed by atoms with E-state index in [1.807, 2.05) is 32.9 Å². The monoisotopic (exact) mass is 474 g/mol. The molecule has 0 atom stereocenters. The smallest absolute Gasteiger partial charge is 0.260 e. The van der Waals surface area contributed by atoms with Gasteiger partial charge in [-0.05, 0) is 57.2 Å². The Labute approximate surface area is 203 Å². The number of nitrogens with zero attached hydrogens (tertiary/aromatic N) is 3. The lowest BCUT2D eigenvalue weighted by Gasteiger charge is -2.17. The number of hydrogen-bond acceptors (Lipinski definition) is 8. The van der Waals surface area contributed by atoms with E-state index in [0.717, 1.165) is 5.56 Å². The number of amides is 1. The molecule has 0 spiro atoms. The van der Waals surface area contributed by atoms with Gasteiger partial charge in [-0.15, -0.1) is 0 Å². The van der Waals surface area contributed by atoms with Crippen molar-refractivity contribution in [2.75, 3.05) is 25.1 Å². The molecule has 0 bridgehead atoms. The SMILES string of the molecule is CCOc1cc(C(=O)Nc2ccccc2-c2nc(-c3ccncc3)no2)cc(OCC)c1OCC. The van der Waals surface area contributed by atoms with E-state index >= 15 is 0 Å². The molecule has 0 unspecified atom stereocenters. The molecule has 9 nitrogen and oxygen atoms in total. The summed E-state index contributed by atoms with van der Waals surface area (Å²) in [5.74, 6) is 1.72. The molecule has 2 aromatic carbocycles. The van der Waals surface area contributed by atoms with Gasteiger partial charge in [-0.25, -0.2) is 0 Å². The molecule has 0 radical (unpaired) electrons. The van der Waals surface area contributed by atoms with E-state index in [4.69, 9.17) is 18.7 Å². The van der Waals surface area contributed by atoms with Gasteiger partial charge >= 0.3 is 0 Å². The maximum Gasteiger partial charge on any atom is 0.260 e. The summed E-state index contributed by atoms with van der Waals surface area (Å²) in [6.07, 6.45) is 3.31. The summed E-state index contributed by atoms with van der Waals surface area (Å²) in [6, 6.07) is 14.1. The molecule has 4 rings (SSSR count). The number of rotatable bonds is 10. The van der Waals surface area contributed by atoms with Crippen molar-refractivity contribution < 1.29 is 23.5 Å². The van der Waals surface area contributed by atoms with Crippen LogP contribution in [0.15, 0.2) is 65.4 Å². The van der Waals surface area contributed by atoms with Gasteiger partial charge < -0.3 is 24.1 Å². The third-order valence-corrected chi connectivity index (χ3v) is 4.94. The van der Waals surface area contributed by atoms with E-state index in [2.05, 4.69) is 20.4 Å². The third-order valence-electron chi connectivity index (χ3n) is 4.94. The first kappa shape index (κ1) is 23.7. The minimum absolute atomic E-state index is 0.282. The lowest BCUT2D eigenvalue weighted by Crippen LogP contribution is -2.14. The van der Waals surface area contributed by atoms with Gasteiger partial charge in [0.2, 0.25) is 11.6 Å². The van der Waals surface area contributed by atoms with Crippen LogP contribution in [0.25, 0.3) is 22.8 Å². The standard InChI is InChI=1S/C26H26N4O5/c1-4-32-21-15-18(16-22(33-5-2)23(21)34-6-3)25(31)28-20-10-8-7-9-19(20)26-29-24(30-35-26)17-11-13-27-14-12-17/h7-16H,4-6H2,1-3H3,(H,28,31). The summed E-state index contributed by atoms with van der Waals surface area (Å²) >= 11 is 0. The van der Waals surface area contributed by atoms with Crippen molar-refractivity contribution in [3.63, 3.8) is 0 Å². The molecule has 1 N–H and O–H groups in total. The summed E-state index contributed by atoms with van der Waals surface area (Å²) in [5.41, 5.74) is 2.25. The number of para-hydroxylation sites is 1. The van der Waals surface area contributed by atoms with Crippen LogP contribution in [0.5, 0.6) is 17.2 Å². The molecule has 0 aliphatic carbocycles. The molecule has 0 aliphatic heterocycles. The van der Waals surface area contributed by atoms with E-state index in [1.54, 1.807) is 48.8 Å². The first-order chi connectivity index (χ1) is 17.1. The highest BCUT2D eigenvalue weighted by molar-refractivity contribution is 6.06. The summed E-state index contributed by atoms with van der Waals surface area (Å²) < 4.78 is 22.7. The predicted molar refractivity (Wildman–Crippen MR) is 131 cm³/mol. The van der Waals surface area contributed by atoms with Crippen molar-refractivity contribution >= 4 is 11.6 Å². The van der Waals surface area contributed by atoms with Crippen molar-refractivity contribution in [1.29, 1.82) is 0 Å². The Morgan fingerprint density at radius 3 is 2.23 bits per heavy atom. The largest absolute Gasteiger partial charge is 0.490 e. The first-order valence-corrected chi connectivity index (χ1v) is 11.4. The van der Waals surface area contributed by atoms with E-state index < -0.39 is 0 Å². The molecule has 35 heavy (non-hydrogen) atoms. The van der Waals surface area contributed by atoms with Crippen LogP contribution >= 0.6 is 0 Å². The normalized spacial score (nSPS) is 10.6. The van der Waals surface area contributed by atoms with Crippen molar-refractivity contribution in [2.45, 2.75) is 20.8 Å². The van der Waals surface area contributed by atoms with E-state index in [1.165, 1.54) is 0 Å². The number of pyridine rings is 1. The van der Waals surface area contributed by atoms with Crippen LogP contribution in [0.1, 0.15) is 31.1 Å². The van der Waals surface area contributed by atoms with Crippen LogP contribution in [0.4, 0.5) is 5.69 Å². The van der Waals surface area contributed by atoms with Crippen LogP contribution in [0.3, 0.4) is 0 Å². The first-order valence-electron chi connectivity index (χ1n) is 11.4. The van der Waals surface area contributed by atoms with Gasteiger partial charge in [0.1, 0.15) is 0 Å². The molecule has 4 aromatic rings. The Bertz CT molecular complexity index is 1260. The van der Waals surface area contributed by atoms with Gasteiger partial charge in [0.05, 0.1) is 31.1 Å². The van der Waals surface area contributed by atoms with Crippen LogP contribution in [-0.2, 0) is 0 Å². The molecule has 9 heteroatoms. The zero-order chi connectivity index (χ0) is 24.6. The molecular weight excluding hydrogens is 448 g/mol. The van der Waals surface area contributed by atoms with Crippen molar-refractivity contribution in [3.05, 3.63) is 66.5 Å². The van der Waals surface area contributed by atoms with Gasteiger partial charge in [0.25, 0.3) is 11.8 Å². The van der Waals surface area contributed by atoms with E-state index in [0.29, 0.717) is 59.7 Å². The number of ether oxygens (including phenoxy) is 3. The van der Waals surface area contributed by atoms with Crippen molar-refractivity contribution in [1.82, 2.24) is 15.1 Å². The topological polar surface area (TPSA) is 109 Å². The number of benzene rings is 2. The zero-order valence-electron chi connectivity index (χ0n) is 19.8. The highest BCUT2D eigenvalue weighted by atomic mass is 16.5. The average Bonchev–Trinajstić information content (AvgIpc) is 3.37. The Balaban J connectivity index is 1.65. The quantitative estimate of drug-likeness (QED) is 0.332. The molecule has 2 aromatic heterocycles. The van der Waals surface area contributed by atoms with Gasteiger partial charge in [0, 0.05) is 23.5 Å². The lowest BCUT2D eigenvalue weighted by molar-refractivity contribution is 0.102. The second kappa shape index (κ2) is 11.1. The number of hydrogen-bond donors (Lipinski definition) is 1. The summed E-state index contributed by atoms with van der Waals surface area (Å²) in [5, 5.41) is 6.99. The summed E-state index contributed by atoms with van der Waals surface area (Å²) in [4.78, 5) is 21.8. The van der Waals surface area contributed by atoms with Crippen LogP contribution < -0.4 is 19.5 Å². The molecule has 0 fully saturated rings. The maximum absolute atomic E-state index is 13.3. The number of carbonyl (C=O) groups is 1. The summed E-state index contributed by atoms with van der Waals surface area (Å²) in [6.45, 7) is 6.87. The number of carbonyl (C=O) groups excluding carboxylic acids is 1. The van der Waals surface area contributed by atoms with E-state index in [9.17, 15) is 4.79 Å². The molecule has 180 valence electrons. The molecule has 2 heterocycles. The number of nitrogens with one attached hydrogen (secondary N) is 1. The van der Waals surface area contributed by atoms with Crippen LogP contribution in [-0.4, -0.2) is 40.9 Å². The number of anilines is 1. The minimum atomic E-state index is -0.351. The summed E-state index contributed by atoms with van der Waals surface area (Å²) in [7, 11) is 0. The van der Waals surface area contributed by atoms with Gasteiger partial charge in [0.15, 0.2) is 11.5 Å². The molecular formula is C26H26N4O5. The zero-order valence-corrected chi connectivity index (χ0v) is 19.8. The molecule has 0 saturated heterocycles. The second-order valence-corrected chi connectivity index (χ2v) is 7.26. The molecule has 0 saturated carbocycles. The fourth-order valence-corrected chi connectivity index (χ4v) is 3.44. The Morgan fingerprint density at radius 1 is 0.914 bits per heavy atom. The fourth-order valence-electron chi connectivity index (χ4n) is 3.44. The van der Waals surface area contributed by atoms with Crippen molar-refractivity contribution in [2.24, 2.45) is 0 Å². The highest BCUT2D eigenvalue weighted by Gasteiger charge is 2.20. The Hall–Kier alpha value is -4.40. The van der Waals surface area contributed by atoms with Crippen LogP contribution in [0, 0.1) is 0 Å². The van der Waals surface area contributed by atoms with Crippen molar-refractivity contribution in [3.8, 4) is 40.1 Å². The second-order valence-electron chi connectivity index (χ2n) is 7.26. The fraction of sp³-hybridized carbons (Fsp3) is 0.231. The average molecular weight is 475 g/mol. The Morgan fingerprint density at radius 2 is 1.57 bits per heavy atom. The molecule has 1 amide bonds. The van der Waals surface area contributed by atoms with Gasteiger partial charge in [-0.3, -0.25) is 9.78 Å². The van der Waals surface area contributed by atoms with Gasteiger partial charge in [-0.2, -0.15) is 4.98 Å².